The molecule has 1 aliphatic rings. The fourth-order valence-corrected chi connectivity index (χ4v) is 3.21. The number of carbonyl (C=O) groups is 2. The van der Waals surface area contributed by atoms with Gasteiger partial charge in [-0.15, -0.1) is 17.8 Å². The van der Waals surface area contributed by atoms with Crippen molar-refractivity contribution in [1.82, 2.24) is 9.88 Å². The first-order valence-corrected chi connectivity index (χ1v) is 8.57. The summed E-state index contributed by atoms with van der Waals surface area (Å²) in [6.07, 6.45) is 7.03. The van der Waals surface area contributed by atoms with Crippen molar-refractivity contribution in [2.24, 2.45) is 5.92 Å². The lowest BCUT2D eigenvalue weighted by molar-refractivity contribution is -0.142. The van der Waals surface area contributed by atoms with Gasteiger partial charge in [0.05, 0.1) is 25.3 Å². The van der Waals surface area contributed by atoms with E-state index in [9.17, 15) is 9.59 Å². The zero-order valence-electron chi connectivity index (χ0n) is 13.2. The van der Waals surface area contributed by atoms with Gasteiger partial charge < -0.3 is 10.1 Å². The predicted octanol–water partition coefficient (Wildman–Crippen LogP) is 1.53. The summed E-state index contributed by atoms with van der Waals surface area (Å²) in [6, 6.07) is 0. The molecule has 2 heterocycles. The number of aromatic nitrogens is 1. The topological polar surface area (TPSA) is 71.5 Å². The Bertz CT molecular complexity index is 586. The van der Waals surface area contributed by atoms with Gasteiger partial charge in [-0.3, -0.25) is 14.5 Å². The standard InChI is InChI=1S/C16H21N3O3S/c1-3-7-19-8-5-12(6-9-19)15(21)18-16-17-13(11-23-16)10-14(20)22-4-2/h1,11-12H,4-10H2,2H3,(H,17,18,21). The van der Waals surface area contributed by atoms with Crippen LogP contribution < -0.4 is 5.32 Å². The van der Waals surface area contributed by atoms with Crippen molar-refractivity contribution in [1.29, 1.82) is 0 Å². The maximum atomic E-state index is 12.3. The van der Waals surface area contributed by atoms with Gasteiger partial charge in [0.15, 0.2) is 5.13 Å². The molecule has 1 fully saturated rings. The molecule has 1 N–H and O–H groups in total. The Morgan fingerprint density at radius 3 is 2.91 bits per heavy atom. The number of carbonyl (C=O) groups excluding carboxylic acids is 2. The Morgan fingerprint density at radius 2 is 2.26 bits per heavy atom. The number of hydrogen-bond acceptors (Lipinski definition) is 6. The van der Waals surface area contributed by atoms with Crippen LogP contribution in [0.2, 0.25) is 0 Å². The monoisotopic (exact) mass is 335 g/mol. The van der Waals surface area contributed by atoms with Crippen LogP contribution in [-0.4, -0.2) is 48.0 Å². The highest BCUT2D eigenvalue weighted by Gasteiger charge is 2.25. The van der Waals surface area contributed by atoms with Crippen LogP contribution in [0.3, 0.4) is 0 Å². The average molecular weight is 335 g/mol. The lowest BCUT2D eigenvalue weighted by Gasteiger charge is -2.29. The maximum Gasteiger partial charge on any atom is 0.311 e. The molecule has 23 heavy (non-hydrogen) atoms. The van der Waals surface area contributed by atoms with Gasteiger partial charge in [0.2, 0.25) is 5.91 Å². The molecule has 0 aromatic carbocycles. The predicted molar refractivity (Wildman–Crippen MR) is 89.1 cm³/mol. The van der Waals surface area contributed by atoms with E-state index >= 15 is 0 Å². The summed E-state index contributed by atoms with van der Waals surface area (Å²) < 4.78 is 4.88. The molecule has 0 aliphatic carbocycles. The van der Waals surface area contributed by atoms with Crippen LogP contribution in [0.25, 0.3) is 0 Å². The third-order valence-corrected chi connectivity index (χ3v) is 4.49. The summed E-state index contributed by atoms with van der Waals surface area (Å²) in [4.78, 5) is 30.1. The number of rotatable bonds is 6. The Hall–Kier alpha value is -1.91. The summed E-state index contributed by atoms with van der Waals surface area (Å²) >= 11 is 1.32. The number of amides is 1. The highest BCUT2D eigenvalue weighted by Crippen LogP contribution is 2.21. The minimum Gasteiger partial charge on any atom is -0.466 e. The molecule has 1 saturated heterocycles. The molecule has 1 aromatic heterocycles. The van der Waals surface area contributed by atoms with Gasteiger partial charge in [-0.05, 0) is 32.9 Å². The molecular weight excluding hydrogens is 314 g/mol. The number of piperidine rings is 1. The molecule has 0 unspecified atom stereocenters. The van der Waals surface area contributed by atoms with Crippen molar-refractivity contribution in [2.75, 3.05) is 31.6 Å². The molecule has 1 aliphatic heterocycles. The van der Waals surface area contributed by atoms with Crippen LogP contribution in [0.1, 0.15) is 25.5 Å². The molecule has 0 spiro atoms. The van der Waals surface area contributed by atoms with Gasteiger partial charge in [0, 0.05) is 11.3 Å². The summed E-state index contributed by atoms with van der Waals surface area (Å²) in [6.45, 7) is 4.44. The Labute approximate surface area is 140 Å². The van der Waals surface area contributed by atoms with Gasteiger partial charge in [-0.2, -0.15) is 0 Å². The second-order valence-electron chi connectivity index (χ2n) is 5.37. The molecule has 124 valence electrons. The maximum absolute atomic E-state index is 12.3. The molecule has 0 radical (unpaired) electrons. The molecule has 7 heteroatoms. The second kappa shape index (κ2) is 8.65. The van der Waals surface area contributed by atoms with Crippen LogP contribution in [0, 0.1) is 18.3 Å². The van der Waals surface area contributed by atoms with Crippen LogP contribution in [0.5, 0.6) is 0 Å². The summed E-state index contributed by atoms with van der Waals surface area (Å²) in [7, 11) is 0. The molecule has 0 bridgehead atoms. The molecule has 1 aromatic rings. The smallest absolute Gasteiger partial charge is 0.311 e. The largest absolute Gasteiger partial charge is 0.466 e. The van der Waals surface area contributed by atoms with Crippen molar-refractivity contribution in [3.05, 3.63) is 11.1 Å². The van der Waals surface area contributed by atoms with Crippen molar-refractivity contribution < 1.29 is 14.3 Å². The number of ether oxygens (including phenoxy) is 1. The highest BCUT2D eigenvalue weighted by atomic mass is 32.1. The van der Waals surface area contributed by atoms with E-state index in [2.05, 4.69) is 21.1 Å². The second-order valence-corrected chi connectivity index (χ2v) is 6.23. The number of likely N-dealkylation sites (tertiary alicyclic amines) is 1. The Kier molecular flexibility index (Phi) is 6.56. The van der Waals surface area contributed by atoms with Crippen molar-refractivity contribution >= 4 is 28.3 Å². The minimum atomic E-state index is -0.309. The first-order chi connectivity index (χ1) is 11.1. The summed E-state index contributed by atoms with van der Waals surface area (Å²) in [5.41, 5.74) is 0.618. The number of anilines is 1. The molecular formula is C16H21N3O3S. The van der Waals surface area contributed by atoms with Crippen LogP contribution >= 0.6 is 11.3 Å². The number of thiazole rings is 1. The lowest BCUT2D eigenvalue weighted by atomic mass is 9.96. The number of esters is 1. The first kappa shape index (κ1) is 17.4. The van der Waals surface area contributed by atoms with E-state index in [4.69, 9.17) is 11.2 Å². The van der Waals surface area contributed by atoms with E-state index in [1.165, 1.54) is 11.3 Å². The number of nitrogens with zero attached hydrogens (tertiary/aromatic N) is 2. The van der Waals surface area contributed by atoms with E-state index in [0.717, 1.165) is 25.9 Å². The zero-order chi connectivity index (χ0) is 16.7. The van der Waals surface area contributed by atoms with Crippen molar-refractivity contribution in [2.45, 2.75) is 26.2 Å². The van der Waals surface area contributed by atoms with Crippen LogP contribution in [0.15, 0.2) is 5.38 Å². The van der Waals surface area contributed by atoms with Crippen molar-refractivity contribution in [3.8, 4) is 12.3 Å². The molecule has 6 nitrogen and oxygen atoms in total. The third-order valence-electron chi connectivity index (χ3n) is 3.69. The van der Waals surface area contributed by atoms with E-state index in [1.54, 1.807) is 12.3 Å². The Morgan fingerprint density at radius 1 is 1.52 bits per heavy atom. The number of terminal acetylenes is 1. The van der Waals surface area contributed by atoms with E-state index in [0.29, 0.717) is 24.0 Å². The van der Waals surface area contributed by atoms with E-state index in [1.807, 2.05) is 0 Å². The SMILES string of the molecule is C#CCN1CCC(C(=O)Nc2nc(CC(=O)OCC)cs2)CC1. The lowest BCUT2D eigenvalue weighted by Crippen LogP contribution is -2.38. The highest BCUT2D eigenvalue weighted by molar-refractivity contribution is 7.13. The molecule has 0 atom stereocenters. The fourth-order valence-electron chi connectivity index (χ4n) is 2.50. The van der Waals surface area contributed by atoms with Gasteiger partial charge in [-0.1, -0.05) is 5.92 Å². The van der Waals surface area contributed by atoms with Crippen LogP contribution in [0.4, 0.5) is 5.13 Å². The average Bonchev–Trinajstić information content (AvgIpc) is 2.95. The fraction of sp³-hybridized carbons (Fsp3) is 0.562. The third kappa shape index (κ3) is 5.34. The van der Waals surface area contributed by atoms with E-state index < -0.39 is 0 Å². The van der Waals surface area contributed by atoms with Gasteiger partial charge in [0.1, 0.15) is 0 Å². The van der Waals surface area contributed by atoms with Gasteiger partial charge in [-0.25, -0.2) is 4.98 Å². The molecule has 0 saturated carbocycles. The normalized spacial score (nSPS) is 15.8. The van der Waals surface area contributed by atoms with Gasteiger partial charge >= 0.3 is 5.97 Å². The number of nitrogens with one attached hydrogen (secondary N) is 1. The summed E-state index contributed by atoms with van der Waals surface area (Å²) in [5.74, 6) is 2.29. The van der Waals surface area contributed by atoms with Crippen LogP contribution in [-0.2, 0) is 20.7 Å². The quantitative estimate of drug-likeness (QED) is 0.631. The first-order valence-electron chi connectivity index (χ1n) is 7.69. The molecule has 2 rings (SSSR count). The molecule has 1 amide bonds. The number of hydrogen-bond donors (Lipinski definition) is 1. The van der Waals surface area contributed by atoms with Crippen molar-refractivity contribution in [3.63, 3.8) is 0 Å². The van der Waals surface area contributed by atoms with E-state index in [-0.39, 0.29) is 24.2 Å². The summed E-state index contributed by atoms with van der Waals surface area (Å²) in [5, 5.41) is 5.14. The minimum absolute atomic E-state index is 0.0117. The zero-order valence-corrected chi connectivity index (χ0v) is 14.0. The Balaban J connectivity index is 1.81. The van der Waals surface area contributed by atoms with Gasteiger partial charge in [0.25, 0.3) is 0 Å².